The molecule has 1 spiro atoms. The molecule has 0 bridgehead atoms. The van der Waals surface area contributed by atoms with Gasteiger partial charge in [0.1, 0.15) is 0 Å². The number of nitrogens with zero attached hydrogens (tertiary/aromatic N) is 1. The quantitative estimate of drug-likeness (QED) is 0.740. The number of amides is 1. The lowest BCUT2D eigenvalue weighted by atomic mass is 10.1. The summed E-state index contributed by atoms with van der Waals surface area (Å²) < 4.78 is 17.2. The molecule has 1 unspecified atom stereocenters. The third-order valence-corrected chi connectivity index (χ3v) is 4.03. The van der Waals surface area contributed by atoms with E-state index in [-0.39, 0.29) is 6.61 Å². The van der Waals surface area contributed by atoms with Crippen molar-refractivity contribution in [2.24, 2.45) is 0 Å². The Labute approximate surface area is 129 Å². The summed E-state index contributed by atoms with van der Waals surface area (Å²) in [6.45, 7) is 2.70. The summed E-state index contributed by atoms with van der Waals surface area (Å²) in [6.07, 6.45) is -1.87. The average molecular weight is 391 g/mol. The maximum atomic E-state index is 12.1. The van der Waals surface area contributed by atoms with Crippen molar-refractivity contribution in [2.75, 3.05) is 24.7 Å². The second-order valence-corrected chi connectivity index (χ2v) is 5.71. The van der Waals surface area contributed by atoms with E-state index in [9.17, 15) is 9.90 Å². The minimum absolute atomic E-state index is 0.233. The highest BCUT2D eigenvalue weighted by Crippen LogP contribution is 2.48. The number of ether oxygens (including phenoxy) is 3. The van der Waals surface area contributed by atoms with Crippen LogP contribution in [0.1, 0.15) is 12.5 Å². The second-order valence-electron chi connectivity index (χ2n) is 4.47. The molecule has 7 heteroatoms. The topological polar surface area (TPSA) is 68.2 Å². The van der Waals surface area contributed by atoms with Gasteiger partial charge in [0, 0.05) is 9.13 Å². The van der Waals surface area contributed by atoms with Crippen molar-refractivity contribution in [1.29, 1.82) is 0 Å². The van der Waals surface area contributed by atoms with Gasteiger partial charge in [0.25, 0.3) is 0 Å². The van der Waals surface area contributed by atoms with E-state index in [2.05, 4.69) is 22.6 Å². The SMILES string of the molecule is CCOC(=O)N1c2ccc(I)cc2C2(OCCO2)C1O. The van der Waals surface area contributed by atoms with Gasteiger partial charge >= 0.3 is 6.09 Å². The smallest absolute Gasteiger partial charge is 0.416 e. The molecule has 1 amide bonds. The van der Waals surface area contributed by atoms with Crippen LogP contribution in [0.4, 0.5) is 10.5 Å². The van der Waals surface area contributed by atoms with Crippen LogP contribution < -0.4 is 4.90 Å². The van der Waals surface area contributed by atoms with Crippen LogP contribution >= 0.6 is 22.6 Å². The Morgan fingerprint density at radius 2 is 2.25 bits per heavy atom. The minimum atomic E-state index is -1.30. The number of rotatable bonds is 1. The van der Waals surface area contributed by atoms with Gasteiger partial charge in [-0.25, -0.2) is 9.69 Å². The molecule has 1 aromatic rings. The maximum Gasteiger partial charge on any atom is 0.416 e. The monoisotopic (exact) mass is 391 g/mol. The van der Waals surface area contributed by atoms with E-state index in [1.165, 1.54) is 4.90 Å². The zero-order chi connectivity index (χ0) is 14.3. The predicted octanol–water partition coefficient (Wildman–Crippen LogP) is 1.79. The molecular formula is C13H14INO5. The van der Waals surface area contributed by atoms with Crippen LogP contribution in [0.3, 0.4) is 0 Å². The fourth-order valence-corrected chi connectivity index (χ4v) is 3.05. The molecule has 0 aromatic heterocycles. The molecule has 3 rings (SSSR count). The van der Waals surface area contributed by atoms with Gasteiger partial charge < -0.3 is 19.3 Å². The summed E-state index contributed by atoms with van der Waals surface area (Å²) in [6, 6.07) is 5.47. The second kappa shape index (κ2) is 5.14. The van der Waals surface area contributed by atoms with Crippen molar-refractivity contribution in [2.45, 2.75) is 18.9 Å². The Hall–Kier alpha value is -0.900. The highest BCUT2D eigenvalue weighted by molar-refractivity contribution is 14.1. The molecule has 20 heavy (non-hydrogen) atoms. The highest BCUT2D eigenvalue weighted by Gasteiger charge is 2.57. The van der Waals surface area contributed by atoms with E-state index in [1.807, 2.05) is 12.1 Å². The average Bonchev–Trinajstić information content (AvgIpc) is 2.98. The summed E-state index contributed by atoms with van der Waals surface area (Å²) in [5, 5.41) is 10.5. The third-order valence-electron chi connectivity index (χ3n) is 3.36. The Morgan fingerprint density at radius 1 is 1.55 bits per heavy atom. The first-order chi connectivity index (χ1) is 9.60. The molecule has 1 N–H and O–H groups in total. The minimum Gasteiger partial charge on any atom is -0.449 e. The summed E-state index contributed by atoms with van der Waals surface area (Å²) >= 11 is 2.16. The van der Waals surface area contributed by atoms with Crippen molar-refractivity contribution < 1.29 is 24.1 Å². The van der Waals surface area contributed by atoms with Crippen LogP contribution in [0.15, 0.2) is 18.2 Å². The van der Waals surface area contributed by atoms with Gasteiger partial charge in [-0.2, -0.15) is 0 Å². The molecule has 2 heterocycles. The summed E-state index contributed by atoms with van der Waals surface area (Å²) in [7, 11) is 0. The number of aliphatic hydroxyl groups excluding tert-OH is 1. The Kier molecular flexibility index (Phi) is 3.61. The molecule has 2 aliphatic heterocycles. The van der Waals surface area contributed by atoms with E-state index in [0.29, 0.717) is 24.5 Å². The highest BCUT2D eigenvalue weighted by atomic mass is 127. The van der Waals surface area contributed by atoms with Gasteiger partial charge in [0.15, 0.2) is 6.23 Å². The molecular weight excluding hydrogens is 377 g/mol. The Bertz CT molecular complexity index is 544. The van der Waals surface area contributed by atoms with Crippen molar-refractivity contribution in [3.8, 4) is 0 Å². The lowest BCUT2D eigenvalue weighted by Crippen LogP contribution is -2.48. The molecule has 0 radical (unpaired) electrons. The van der Waals surface area contributed by atoms with Crippen molar-refractivity contribution >= 4 is 34.4 Å². The first-order valence-corrected chi connectivity index (χ1v) is 7.40. The largest absolute Gasteiger partial charge is 0.449 e. The number of aliphatic hydroxyl groups is 1. The number of halogens is 1. The molecule has 1 fully saturated rings. The number of benzene rings is 1. The molecule has 108 valence electrons. The van der Waals surface area contributed by atoms with Crippen LogP contribution in [0.5, 0.6) is 0 Å². The lowest BCUT2D eigenvalue weighted by Gasteiger charge is -2.28. The zero-order valence-corrected chi connectivity index (χ0v) is 13.0. The van der Waals surface area contributed by atoms with E-state index >= 15 is 0 Å². The first kappa shape index (κ1) is 14.1. The van der Waals surface area contributed by atoms with Gasteiger partial charge in [-0.15, -0.1) is 0 Å². The standard InChI is InChI=1S/C13H14INO5/c1-2-18-12(17)15-10-4-3-8(14)7-9(10)13(11(15)16)19-5-6-20-13/h3-4,7,11,16H,2,5-6H2,1H3. The Balaban J connectivity index is 2.10. The number of carbonyl (C=O) groups is 1. The van der Waals surface area contributed by atoms with Crippen LogP contribution in [-0.2, 0) is 20.0 Å². The third kappa shape index (κ3) is 1.92. The lowest BCUT2D eigenvalue weighted by molar-refractivity contribution is -0.219. The van der Waals surface area contributed by atoms with E-state index in [1.54, 1.807) is 13.0 Å². The normalized spacial score (nSPS) is 23.1. The van der Waals surface area contributed by atoms with Gasteiger partial charge in [-0.05, 0) is 47.7 Å². The molecule has 2 aliphatic rings. The number of fused-ring (bicyclic) bond motifs is 2. The van der Waals surface area contributed by atoms with Gasteiger partial charge in [0.2, 0.25) is 5.79 Å². The maximum absolute atomic E-state index is 12.1. The molecule has 1 saturated heterocycles. The van der Waals surface area contributed by atoms with Crippen molar-refractivity contribution in [3.63, 3.8) is 0 Å². The van der Waals surface area contributed by atoms with E-state index in [4.69, 9.17) is 14.2 Å². The van der Waals surface area contributed by atoms with Gasteiger partial charge in [-0.3, -0.25) is 0 Å². The van der Waals surface area contributed by atoms with Crippen LogP contribution in [0.25, 0.3) is 0 Å². The molecule has 0 saturated carbocycles. The molecule has 6 nitrogen and oxygen atoms in total. The molecule has 1 atom stereocenters. The summed E-state index contributed by atoms with van der Waals surface area (Å²) in [4.78, 5) is 13.3. The number of anilines is 1. The van der Waals surface area contributed by atoms with Crippen molar-refractivity contribution in [3.05, 3.63) is 27.3 Å². The molecule has 1 aromatic carbocycles. The van der Waals surface area contributed by atoms with E-state index < -0.39 is 18.1 Å². The van der Waals surface area contributed by atoms with E-state index in [0.717, 1.165) is 3.57 Å². The van der Waals surface area contributed by atoms with Gasteiger partial charge in [0.05, 0.1) is 25.5 Å². The fourth-order valence-electron chi connectivity index (χ4n) is 2.56. The van der Waals surface area contributed by atoms with Crippen molar-refractivity contribution in [1.82, 2.24) is 0 Å². The van der Waals surface area contributed by atoms with Crippen LogP contribution in [-0.4, -0.2) is 37.2 Å². The first-order valence-electron chi connectivity index (χ1n) is 6.32. The molecule has 0 aliphatic carbocycles. The predicted molar refractivity (Wildman–Crippen MR) is 78.2 cm³/mol. The fraction of sp³-hybridized carbons (Fsp3) is 0.462. The van der Waals surface area contributed by atoms with Crippen LogP contribution in [0, 0.1) is 3.57 Å². The zero-order valence-electron chi connectivity index (χ0n) is 10.8. The Morgan fingerprint density at radius 3 is 2.90 bits per heavy atom. The van der Waals surface area contributed by atoms with Crippen LogP contribution in [0.2, 0.25) is 0 Å². The number of hydrogen-bond acceptors (Lipinski definition) is 5. The van der Waals surface area contributed by atoms with Gasteiger partial charge in [-0.1, -0.05) is 0 Å². The number of hydrogen-bond donors (Lipinski definition) is 1. The summed E-state index contributed by atoms with van der Waals surface area (Å²) in [5.41, 5.74) is 1.21. The summed E-state index contributed by atoms with van der Waals surface area (Å²) in [5.74, 6) is -1.30. The number of carbonyl (C=O) groups excluding carboxylic acids is 1.